The van der Waals surface area contributed by atoms with Crippen molar-refractivity contribution in [2.24, 2.45) is 0 Å². The van der Waals surface area contributed by atoms with Crippen LogP contribution >= 0.6 is 0 Å². The minimum atomic E-state index is -0.753. The van der Waals surface area contributed by atoms with E-state index >= 15 is 0 Å². The van der Waals surface area contributed by atoms with E-state index in [0.717, 1.165) is 19.3 Å². The van der Waals surface area contributed by atoms with Gasteiger partial charge in [0.25, 0.3) is 0 Å². The van der Waals surface area contributed by atoms with Crippen LogP contribution in [0, 0.1) is 0 Å². The minimum Gasteiger partial charge on any atom is -0.462 e. The van der Waals surface area contributed by atoms with Crippen LogP contribution in [-0.2, 0) is 19.1 Å². The van der Waals surface area contributed by atoms with E-state index in [4.69, 9.17) is 14.6 Å². The quantitative estimate of drug-likeness (QED) is 0.393. The first-order valence-electron chi connectivity index (χ1n) is 8.59. The standard InChI is InChI=1S/C17H32O5/c1-3-5-6-7-8-9-10-11-12-17(20)22-15(13-18)14-21-16(19)4-2/h15,18H,3-14H2,1-2H3. The zero-order chi connectivity index (χ0) is 16.6. The van der Waals surface area contributed by atoms with Crippen LogP contribution in [0.2, 0.25) is 0 Å². The molecule has 0 bridgehead atoms. The van der Waals surface area contributed by atoms with Crippen LogP contribution in [0.25, 0.3) is 0 Å². The molecular weight excluding hydrogens is 284 g/mol. The molecule has 1 unspecified atom stereocenters. The van der Waals surface area contributed by atoms with Crippen LogP contribution in [-0.4, -0.2) is 36.4 Å². The van der Waals surface area contributed by atoms with Crippen molar-refractivity contribution >= 4 is 11.9 Å². The van der Waals surface area contributed by atoms with E-state index in [-0.39, 0.29) is 31.6 Å². The van der Waals surface area contributed by atoms with Crippen molar-refractivity contribution in [3.05, 3.63) is 0 Å². The summed E-state index contributed by atoms with van der Waals surface area (Å²) in [7, 11) is 0. The SMILES string of the molecule is CCCCCCCCCCC(=O)OC(CO)COC(=O)CC. The first-order chi connectivity index (χ1) is 10.6. The molecule has 0 aliphatic carbocycles. The molecule has 0 fully saturated rings. The van der Waals surface area contributed by atoms with Gasteiger partial charge in [-0.05, 0) is 6.42 Å². The number of aliphatic hydroxyl groups excluding tert-OH is 1. The Bertz CT molecular complexity index is 291. The maximum Gasteiger partial charge on any atom is 0.306 e. The van der Waals surface area contributed by atoms with Gasteiger partial charge in [0.05, 0.1) is 6.61 Å². The number of carbonyl (C=O) groups excluding carboxylic acids is 2. The second-order valence-electron chi connectivity index (χ2n) is 5.56. The van der Waals surface area contributed by atoms with Crippen LogP contribution < -0.4 is 0 Å². The highest BCUT2D eigenvalue weighted by atomic mass is 16.6. The molecule has 0 heterocycles. The van der Waals surface area contributed by atoms with Gasteiger partial charge in [-0.3, -0.25) is 9.59 Å². The number of carbonyl (C=O) groups is 2. The second-order valence-corrected chi connectivity index (χ2v) is 5.56. The third kappa shape index (κ3) is 12.6. The Kier molecular flexibility index (Phi) is 14.1. The van der Waals surface area contributed by atoms with Crippen LogP contribution in [0.1, 0.15) is 78.1 Å². The summed E-state index contributed by atoms with van der Waals surface area (Å²) in [5.41, 5.74) is 0. The van der Waals surface area contributed by atoms with Gasteiger partial charge in [-0.2, -0.15) is 0 Å². The molecule has 0 aliphatic heterocycles. The van der Waals surface area contributed by atoms with Gasteiger partial charge in [-0.1, -0.05) is 58.8 Å². The van der Waals surface area contributed by atoms with E-state index < -0.39 is 6.10 Å². The number of aliphatic hydroxyl groups is 1. The maximum atomic E-state index is 11.6. The van der Waals surface area contributed by atoms with E-state index in [0.29, 0.717) is 6.42 Å². The normalized spacial score (nSPS) is 12.0. The zero-order valence-corrected chi connectivity index (χ0v) is 14.1. The summed E-state index contributed by atoms with van der Waals surface area (Å²) in [6.45, 7) is 3.48. The topological polar surface area (TPSA) is 72.8 Å². The molecule has 0 radical (unpaired) electrons. The molecule has 0 spiro atoms. The van der Waals surface area contributed by atoms with Crippen molar-refractivity contribution in [3.63, 3.8) is 0 Å². The molecule has 1 N–H and O–H groups in total. The monoisotopic (exact) mass is 316 g/mol. The largest absolute Gasteiger partial charge is 0.462 e. The molecule has 0 aromatic carbocycles. The van der Waals surface area contributed by atoms with Crippen molar-refractivity contribution in [2.75, 3.05) is 13.2 Å². The number of hydrogen-bond donors (Lipinski definition) is 1. The lowest BCUT2D eigenvalue weighted by atomic mass is 10.1. The molecule has 22 heavy (non-hydrogen) atoms. The summed E-state index contributed by atoms with van der Waals surface area (Å²) in [5.74, 6) is -0.699. The molecule has 0 amide bonds. The highest BCUT2D eigenvalue weighted by Gasteiger charge is 2.15. The second kappa shape index (κ2) is 14.8. The summed E-state index contributed by atoms with van der Waals surface area (Å²) in [5, 5.41) is 9.10. The van der Waals surface area contributed by atoms with Gasteiger partial charge in [-0.25, -0.2) is 0 Å². The fourth-order valence-electron chi connectivity index (χ4n) is 2.06. The van der Waals surface area contributed by atoms with Crippen molar-refractivity contribution in [1.29, 1.82) is 0 Å². The van der Waals surface area contributed by atoms with Gasteiger partial charge in [0.1, 0.15) is 6.61 Å². The van der Waals surface area contributed by atoms with Crippen molar-refractivity contribution in [1.82, 2.24) is 0 Å². The summed E-state index contributed by atoms with van der Waals surface area (Å²) in [6.07, 6.45) is 9.20. The third-order valence-electron chi connectivity index (χ3n) is 3.46. The molecule has 0 aromatic rings. The Morgan fingerprint density at radius 3 is 2.05 bits per heavy atom. The Labute approximate surface area is 134 Å². The number of ether oxygens (including phenoxy) is 2. The van der Waals surface area contributed by atoms with Gasteiger partial charge in [0.15, 0.2) is 6.10 Å². The number of unbranched alkanes of at least 4 members (excludes halogenated alkanes) is 7. The van der Waals surface area contributed by atoms with Gasteiger partial charge in [0.2, 0.25) is 0 Å². The molecular formula is C17H32O5. The number of esters is 2. The lowest BCUT2D eigenvalue weighted by Gasteiger charge is -2.15. The smallest absolute Gasteiger partial charge is 0.306 e. The number of rotatable bonds is 14. The first kappa shape index (κ1) is 20.9. The molecule has 5 heteroatoms. The maximum absolute atomic E-state index is 11.6. The van der Waals surface area contributed by atoms with Crippen LogP contribution in [0.15, 0.2) is 0 Å². The van der Waals surface area contributed by atoms with Crippen molar-refractivity contribution in [3.8, 4) is 0 Å². The third-order valence-corrected chi connectivity index (χ3v) is 3.46. The molecule has 0 aromatic heterocycles. The Balaban J connectivity index is 3.59. The average Bonchev–Trinajstić information content (AvgIpc) is 2.53. The summed E-state index contributed by atoms with van der Waals surface area (Å²) in [4.78, 5) is 22.6. The zero-order valence-electron chi connectivity index (χ0n) is 14.1. The highest BCUT2D eigenvalue weighted by Crippen LogP contribution is 2.10. The fraction of sp³-hybridized carbons (Fsp3) is 0.882. The van der Waals surface area contributed by atoms with Gasteiger partial charge < -0.3 is 14.6 Å². The lowest BCUT2D eigenvalue weighted by Crippen LogP contribution is -2.28. The minimum absolute atomic E-state index is 0.0770. The first-order valence-corrected chi connectivity index (χ1v) is 8.59. The molecule has 0 rings (SSSR count). The lowest BCUT2D eigenvalue weighted by molar-refractivity contribution is -0.161. The Morgan fingerprint density at radius 2 is 1.50 bits per heavy atom. The van der Waals surface area contributed by atoms with Crippen LogP contribution in [0.4, 0.5) is 0 Å². The van der Waals surface area contributed by atoms with E-state index in [9.17, 15) is 9.59 Å². The van der Waals surface area contributed by atoms with Gasteiger partial charge in [0, 0.05) is 12.8 Å². The summed E-state index contributed by atoms with van der Waals surface area (Å²) < 4.78 is 9.95. The van der Waals surface area contributed by atoms with Gasteiger partial charge >= 0.3 is 11.9 Å². The van der Waals surface area contributed by atoms with E-state index in [2.05, 4.69) is 6.92 Å². The fourth-order valence-corrected chi connectivity index (χ4v) is 2.06. The highest BCUT2D eigenvalue weighted by molar-refractivity contribution is 5.70. The van der Waals surface area contributed by atoms with Crippen LogP contribution in [0.5, 0.6) is 0 Å². The van der Waals surface area contributed by atoms with Gasteiger partial charge in [-0.15, -0.1) is 0 Å². The van der Waals surface area contributed by atoms with Crippen molar-refractivity contribution in [2.45, 2.75) is 84.2 Å². The molecule has 0 aliphatic rings. The molecule has 1 atom stereocenters. The average molecular weight is 316 g/mol. The Hall–Kier alpha value is -1.10. The van der Waals surface area contributed by atoms with Crippen LogP contribution in [0.3, 0.4) is 0 Å². The van der Waals surface area contributed by atoms with Crippen molar-refractivity contribution < 1.29 is 24.2 Å². The van der Waals surface area contributed by atoms with E-state index in [1.165, 1.54) is 32.1 Å². The molecule has 0 saturated carbocycles. The summed E-state index contributed by atoms with van der Waals surface area (Å²) >= 11 is 0. The summed E-state index contributed by atoms with van der Waals surface area (Å²) in [6, 6.07) is 0. The van der Waals surface area contributed by atoms with E-state index in [1.54, 1.807) is 6.92 Å². The Morgan fingerprint density at radius 1 is 0.909 bits per heavy atom. The number of hydrogen-bond acceptors (Lipinski definition) is 5. The molecule has 130 valence electrons. The molecule has 0 saturated heterocycles. The predicted octanol–water partition coefficient (Wildman–Crippen LogP) is 3.37. The predicted molar refractivity (Wildman–Crippen MR) is 85.4 cm³/mol. The molecule has 5 nitrogen and oxygen atoms in total. The van der Waals surface area contributed by atoms with E-state index in [1.807, 2.05) is 0 Å².